The smallest absolute Gasteiger partial charge is 0.338 e. The lowest BCUT2D eigenvalue weighted by atomic mass is 10.1. The number of urea groups is 1. The summed E-state index contributed by atoms with van der Waals surface area (Å²) in [6.45, 7) is 6.34. The Morgan fingerprint density at radius 2 is 1.62 bits per heavy atom. The zero-order valence-electron chi connectivity index (χ0n) is 18.1. The lowest BCUT2D eigenvalue weighted by Gasteiger charge is -2.20. The molecule has 0 unspecified atom stereocenters. The van der Waals surface area contributed by atoms with E-state index < -0.39 is 41.9 Å². The summed E-state index contributed by atoms with van der Waals surface area (Å²) < 4.78 is 4.93. The van der Waals surface area contributed by atoms with E-state index in [0.717, 1.165) is 10.5 Å². The van der Waals surface area contributed by atoms with Crippen molar-refractivity contribution in [2.75, 3.05) is 11.5 Å². The van der Waals surface area contributed by atoms with E-state index in [0.29, 0.717) is 5.69 Å². The van der Waals surface area contributed by atoms with Crippen LogP contribution in [0, 0.1) is 6.92 Å². The Morgan fingerprint density at radius 3 is 2.28 bits per heavy atom. The summed E-state index contributed by atoms with van der Waals surface area (Å²) in [7, 11) is 0. The summed E-state index contributed by atoms with van der Waals surface area (Å²) in [6, 6.07) is 10.3. The van der Waals surface area contributed by atoms with E-state index in [2.05, 4.69) is 10.6 Å². The van der Waals surface area contributed by atoms with Crippen molar-refractivity contribution >= 4 is 35.4 Å². The molecule has 0 atom stereocenters. The van der Waals surface area contributed by atoms with E-state index in [4.69, 9.17) is 4.74 Å². The van der Waals surface area contributed by atoms with Gasteiger partial charge in [0, 0.05) is 5.54 Å². The standard InChI is InChI=1S/C23H23N3O6/c1-13-7-5-6-8-17(13)26-19(28)15-10-9-14(11-16(15)20(26)29)21(30)32-12-18(27)24-22(31)25-23(2,3)4/h5-11H,12H2,1-4H3,(H2,24,25,27,31). The predicted molar refractivity (Wildman–Crippen MR) is 115 cm³/mol. The number of fused-ring (bicyclic) bond motifs is 1. The van der Waals surface area contributed by atoms with Gasteiger partial charge >= 0.3 is 12.0 Å². The largest absolute Gasteiger partial charge is 0.452 e. The molecule has 3 rings (SSSR count). The molecule has 9 heteroatoms. The summed E-state index contributed by atoms with van der Waals surface area (Å²) in [4.78, 5) is 62.6. The molecule has 9 nitrogen and oxygen atoms in total. The number of para-hydroxylation sites is 1. The van der Waals surface area contributed by atoms with Crippen LogP contribution in [0.5, 0.6) is 0 Å². The monoisotopic (exact) mass is 437 g/mol. The Hall–Kier alpha value is -4.01. The van der Waals surface area contributed by atoms with Crippen LogP contribution in [0.1, 0.15) is 57.4 Å². The first-order chi connectivity index (χ1) is 15.0. The highest BCUT2D eigenvalue weighted by Crippen LogP contribution is 2.31. The number of nitrogens with zero attached hydrogens (tertiary/aromatic N) is 1. The van der Waals surface area contributed by atoms with Gasteiger partial charge in [0.2, 0.25) is 0 Å². The number of benzene rings is 2. The number of esters is 1. The molecule has 1 heterocycles. The molecule has 0 radical (unpaired) electrons. The van der Waals surface area contributed by atoms with Crippen LogP contribution in [0.15, 0.2) is 42.5 Å². The van der Waals surface area contributed by atoms with Gasteiger partial charge in [-0.15, -0.1) is 0 Å². The normalized spacial score (nSPS) is 12.9. The van der Waals surface area contributed by atoms with Crippen molar-refractivity contribution in [1.29, 1.82) is 0 Å². The molecule has 0 aromatic heterocycles. The zero-order valence-corrected chi connectivity index (χ0v) is 18.1. The van der Waals surface area contributed by atoms with Crippen LogP contribution in [0.3, 0.4) is 0 Å². The highest BCUT2D eigenvalue weighted by molar-refractivity contribution is 6.34. The molecule has 5 amide bonds. The number of hydrogen-bond donors (Lipinski definition) is 2. The Bertz CT molecular complexity index is 1130. The number of ether oxygens (including phenoxy) is 1. The molecule has 0 aliphatic carbocycles. The average Bonchev–Trinajstić information content (AvgIpc) is 2.95. The van der Waals surface area contributed by atoms with Crippen LogP contribution in [0.2, 0.25) is 0 Å². The van der Waals surface area contributed by atoms with Crippen molar-refractivity contribution in [3.05, 3.63) is 64.7 Å². The molecule has 2 aromatic rings. The summed E-state index contributed by atoms with van der Waals surface area (Å²) in [6.07, 6.45) is 0. The number of amides is 5. The van der Waals surface area contributed by atoms with Crippen LogP contribution >= 0.6 is 0 Å². The van der Waals surface area contributed by atoms with Gasteiger partial charge in [0.15, 0.2) is 6.61 Å². The SMILES string of the molecule is Cc1ccccc1N1C(=O)c2ccc(C(=O)OCC(=O)NC(=O)NC(C)(C)C)cc2C1=O. The molecule has 0 spiro atoms. The molecule has 1 aliphatic rings. The fourth-order valence-electron chi connectivity index (χ4n) is 3.15. The van der Waals surface area contributed by atoms with E-state index in [1.165, 1.54) is 18.2 Å². The van der Waals surface area contributed by atoms with Crippen molar-refractivity contribution in [1.82, 2.24) is 10.6 Å². The van der Waals surface area contributed by atoms with E-state index in [1.807, 2.05) is 0 Å². The third-order valence-corrected chi connectivity index (χ3v) is 4.55. The minimum Gasteiger partial charge on any atom is -0.452 e. The van der Waals surface area contributed by atoms with E-state index >= 15 is 0 Å². The molecule has 1 aliphatic heterocycles. The van der Waals surface area contributed by atoms with Crippen LogP contribution < -0.4 is 15.5 Å². The number of rotatable bonds is 4. The van der Waals surface area contributed by atoms with Crippen molar-refractivity contribution in [3.8, 4) is 0 Å². The van der Waals surface area contributed by atoms with Gasteiger partial charge in [-0.3, -0.25) is 19.7 Å². The average molecular weight is 437 g/mol. The third kappa shape index (κ3) is 4.83. The molecule has 0 fully saturated rings. The van der Waals surface area contributed by atoms with Crippen LogP contribution in [0.25, 0.3) is 0 Å². The van der Waals surface area contributed by atoms with Crippen molar-refractivity contribution < 1.29 is 28.7 Å². The lowest BCUT2D eigenvalue weighted by Crippen LogP contribution is -2.49. The number of carbonyl (C=O) groups is 5. The van der Waals surface area contributed by atoms with Gasteiger partial charge in [-0.25, -0.2) is 14.5 Å². The molecule has 0 bridgehead atoms. The van der Waals surface area contributed by atoms with Crippen LogP contribution in [0.4, 0.5) is 10.5 Å². The van der Waals surface area contributed by atoms with Gasteiger partial charge in [0.25, 0.3) is 17.7 Å². The van der Waals surface area contributed by atoms with Crippen LogP contribution in [-0.4, -0.2) is 41.9 Å². The minimum atomic E-state index is -0.867. The van der Waals surface area contributed by atoms with E-state index in [-0.39, 0.29) is 16.7 Å². The number of hydrogen-bond acceptors (Lipinski definition) is 6. The lowest BCUT2D eigenvalue weighted by molar-refractivity contribution is -0.123. The molecule has 166 valence electrons. The summed E-state index contributed by atoms with van der Waals surface area (Å²) in [5.41, 5.74) is 0.925. The Kier molecular flexibility index (Phi) is 6.11. The number of nitrogens with one attached hydrogen (secondary N) is 2. The number of aryl methyl sites for hydroxylation is 1. The summed E-state index contributed by atoms with van der Waals surface area (Å²) in [5, 5.41) is 4.60. The molecule has 2 N–H and O–H groups in total. The first-order valence-corrected chi connectivity index (χ1v) is 9.85. The quantitative estimate of drug-likeness (QED) is 0.560. The molecule has 2 aromatic carbocycles. The highest BCUT2D eigenvalue weighted by atomic mass is 16.5. The Labute approximate surface area is 184 Å². The van der Waals surface area contributed by atoms with Crippen molar-refractivity contribution in [2.45, 2.75) is 33.2 Å². The van der Waals surface area contributed by atoms with Gasteiger partial charge in [0.05, 0.1) is 22.4 Å². The second-order valence-electron chi connectivity index (χ2n) is 8.32. The molecule has 0 saturated heterocycles. The highest BCUT2D eigenvalue weighted by Gasteiger charge is 2.37. The minimum absolute atomic E-state index is 0.00322. The molecule has 0 saturated carbocycles. The fourth-order valence-corrected chi connectivity index (χ4v) is 3.15. The fraction of sp³-hybridized carbons (Fsp3) is 0.261. The van der Waals surface area contributed by atoms with Crippen molar-refractivity contribution in [3.63, 3.8) is 0 Å². The van der Waals surface area contributed by atoms with Gasteiger partial charge in [-0.2, -0.15) is 0 Å². The first kappa shape index (κ1) is 22.7. The van der Waals surface area contributed by atoms with Gasteiger partial charge in [-0.1, -0.05) is 18.2 Å². The number of carbonyl (C=O) groups excluding carboxylic acids is 5. The molecular formula is C23H23N3O6. The second-order valence-corrected chi connectivity index (χ2v) is 8.32. The Balaban J connectivity index is 1.68. The summed E-state index contributed by atoms with van der Waals surface area (Å²) in [5.74, 6) is -2.71. The van der Waals surface area contributed by atoms with E-state index in [1.54, 1.807) is 52.0 Å². The van der Waals surface area contributed by atoms with Gasteiger partial charge in [-0.05, 0) is 57.5 Å². The Morgan fingerprint density at radius 1 is 0.969 bits per heavy atom. The predicted octanol–water partition coefficient (Wildman–Crippen LogP) is 2.58. The van der Waals surface area contributed by atoms with Crippen molar-refractivity contribution in [2.24, 2.45) is 0 Å². The van der Waals surface area contributed by atoms with Crippen LogP contribution in [-0.2, 0) is 9.53 Å². The molecule has 32 heavy (non-hydrogen) atoms. The van der Waals surface area contributed by atoms with Gasteiger partial charge < -0.3 is 10.1 Å². The second kappa shape index (κ2) is 8.62. The van der Waals surface area contributed by atoms with E-state index in [9.17, 15) is 24.0 Å². The maximum absolute atomic E-state index is 12.9. The third-order valence-electron chi connectivity index (χ3n) is 4.55. The first-order valence-electron chi connectivity index (χ1n) is 9.85. The number of imide groups is 2. The summed E-state index contributed by atoms with van der Waals surface area (Å²) >= 11 is 0. The topological polar surface area (TPSA) is 122 Å². The molecular weight excluding hydrogens is 414 g/mol. The zero-order chi connectivity index (χ0) is 23.6. The maximum atomic E-state index is 12.9. The van der Waals surface area contributed by atoms with Gasteiger partial charge in [0.1, 0.15) is 0 Å². The maximum Gasteiger partial charge on any atom is 0.338 e. The number of anilines is 1.